The molecule has 71 heavy (non-hydrogen) atoms. The van der Waals surface area contributed by atoms with Crippen LogP contribution in [0.1, 0.15) is 341 Å². The highest BCUT2D eigenvalue weighted by atomic mass is 16.5. The van der Waals surface area contributed by atoms with Gasteiger partial charge in [0.15, 0.2) is 0 Å². The van der Waals surface area contributed by atoms with Gasteiger partial charge in [-0.15, -0.1) is 0 Å². The number of amides is 1. The fourth-order valence-corrected chi connectivity index (χ4v) is 9.78. The van der Waals surface area contributed by atoms with Crippen LogP contribution in [0.25, 0.3) is 0 Å². The molecule has 3 N–H and O–H groups in total. The minimum absolute atomic E-state index is 0.00484. The van der Waals surface area contributed by atoms with E-state index < -0.39 is 12.1 Å². The maximum atomic E-state index is 12.4. The molecule has 6 nitrogen and oxygen atoms in total. The topological polar surface area (TPSA) is 95.9 Å². The van der Waals surface area contributed by atoms with E-state index in [9.17, 15) is 19.8 Å². The van der Waals surface area contributed by atoms with E-state index in [2.05, 4.69) is 43.5 Å². The molecule has 0 saturated carbocycles. The van der Waals surface area contributed by atoms with Gasteiger partial charge >= 0.3 is 5.97 Å². The molecular formula is C65H123NO5. The number of nitrogens with one attached hydrogen (secondary N) is 1. The number of carbonyl (C=O) groups excluding carboxylic acids is 2. The number of esters is 1. The molecule has 0 aromatic carbocycles. The van der Waals surface area contributed by atoms with Crippen molar-refractivity contribution in [3.63, 3.8) is 0 Å². The fourth-order valence-electron chi connectivity index (χ4n) is 9.78. The van der Waals surface area contributed by atoms with Crippen molar-refractivity contribution in [1.82, 2.24) is 5.32 Å². The Bertz CT molecular complexity index is 1150. The van der Waals surface area contributed by atoms with Crippen LogP contribution in [0, 0.1) is 0 Å². The molecule has 0 spiro atoms. The van der Waals surface area contributed by atoms with Crippen molar-refractivity contribution in [2.75, 3.05) is 13.2 Å². The Kier molecular flexibility index (Phi) is 59.0. The van der Waals surface area contributed by atoms with Crippen LogP contribution in [0.5, 0.6) is 0 Å². The number of hydrogen-bond acceptors (Lipinski definition) is 5. The van der Waals surface area contributed by atoms with E-state index in [1.54, 1.807) is 6.08 Å². The number of rotatable bonds is 59. The van der Waals surface area contributed by atoms with E-state index >= 15 is 0 Å². The average molecular weight is 999 g/mol. The first kappa shape index (κ1) is 69.1. The normalized spacial score (nSPS) is 12.8. The Labute approximate surface area is 443 Å². The van der Waals surface area contributed by atoms with Gasteiger partial charge in [-0.05, 0) is 64.2 Å². The van der Waals surface area contributed by atoms with Crippen LogP contribution in [0.3, 0.4) is 0 Å². The molecule has 418 valence electrons. The monoisotopic (exact) mass is 998 g/mol. The van der Waals surface area contributed by atoms with Crippen molar-refractivity contribution in [3.05, 3.63) is 36.5 Å². The number of aliphatic hydroxyl groups is 2. The lowest BCUT2D eigenvalue weighted by molar-refractivity contribution is -0.143. The minimum Gasteiger partial charge on any atom is -0.466 e. The van der Waals surface area contributed by atoms with Crippen LogP contribution in [-0.4, -0.2) is 47.4 Å². The zero-order valence-corrected chi connectivity index (χ0v) is 47.7. The molecule has 0 rings (SSSR count). The largest absolute Gasteiger partial charge is 0.466 e. The highest BCUT2D eigenvalue weighted by molar-refractivity contribution is 5.76. The number of ether oxygens (including phenoxy) is 1. The second kappa shape index (κ2) is 60.6. The minimum atomic E-state index is -0.840. The molecule has 1 amide bonds. The molecule has 0 aliphatic carbocycles. The molecule has 0 aromatic heterocycles. The standard InChI is InChI=1S/C65H123NO5/c1-3-5-7-9-11-13-15-16-17-33-36-39-43-47-51-55-59-65(70)71-60-56-52-48-44-40-37-34-31-29-27-25-23-21-19-18-20-22-24-26-28-30-32-35-38-42-46-50-54-58-64(69)66-62(61-67)63(68)57-53-49-45-41-14-12-10-8-6-4-2/h13,15,17,33,53,57,62-63,67-68H,3-12,14,16,18-32,34-52,54-56,58-61H2,1-2H3,(H,66,69)/b15-13-,33-17-,57-53+. The first-order valence-corrected chi connectivity index (χ1v) is 31.8. The molecule has 0 heterocycles. The van der Waals surface area contributed by atoms with Crippen LogP contribution in [0.15, 0.2) is 36.5 Å². The molecule has 0 saturated heterocycles. The molecule has 0 bridgehead atoms. The molecular weight excluding hydrogens is 875 g/mol. The van der Waals surface area contributed by atoms with E-state index in [0.717, 1.165) is 51.4 Å². The molecule has 0 aliphatic heterocycles. The summed E-state index contributed by atoms with van der Waals surface area (Å²) in [7, 11) is 0. The Hall–Kier alpha value is -1.92. The van der Waals surface area contributed by atoms with Crippen molar-refractivity contribution in [2.45, 2.75) is 353 Å². The summed E-state index contributed by atoms with van der Waals surface area (Å²) in [6, 6.07) is -0.624. The summed E-state index contributed by atoms with van der Waals surface area (Å²) in [5, 5.41) is 23.0. The summed E-state index contributed by atoms with van der Waals surface area (Å²) < 4.78 is 5.49. The van der Waals surface area contributed by atoms with E-state index in [4.69, 9.17) is 4.74 Å². The van der Waals surface area contributed by atoms with Crippen LogP contribution in [0.2, 0.25) is 0 Å². The van der Waals surface area contributed by atoms with Gasteiger partial charge in [0.1, 0.15) is 0 Å². The van der Waals surface area contributed by atoms with E-state index in [1.807, 2.05) is 6.08 Å². The summed E-state index contributed by atoms with van der Waals surface area (Å²) >= 11 is 0. The SMILES string of the molecule is CCCCCC/C=C\C/C=C\CCCCCCCC(=O)OCCCCCCCCCCCCCCCCCCCCCCCCCCCCCCC(=O)NC(CO)C(O)/C=C/CCCCCCCCCC. The number of unbranched alkanes of at least 4 members (excludes halogenated alkanes) is 44. The molecule has 6 heteroatoms. The number of hydrogen-bond donors (Lipinski definition) is 3. The van der Waals surface area contributed by atoms with Crippen molar-refractivity contribution >= 4 is 11.9 Å². The van der Waals surface area contributed by atoms with E-state index in [1.165, 1.54) is 263 Å². The third-order valence-electron chi connectivity index (χ3n) is 14.7. The van der Waals surface area contributed by atoms with Crippen LogP contribution in [-0.2, 0) is 14.3 Å². The van der Waals surface area contributed by atoms with E-state index in [-0.39, 0.29) is 18.5 Å². The Balaban J connectivity index is 3.33. The van der Waals surface area contributed by atoms with Gasteiger partial charge in [0, 0.05) is 12.8 Å². The van der Waals surface area contributed by atoms with Crippen LogP contribution in [0.4, 0.5) is 0 Å². The van der Waals surface area contributed by atoms with Gasteiger partial charge < -0.3 is 20.3 Å². The number of allylic oxidation sites excluding steroid dienone is 5. The molecule has 0 aromatic rings. The van der Waals surface area contributed by atoms with Gasteiger partial charge in [-0.3, -0.25) is 9.59 Å². The molecule has 0 radical (unpaired) electrons. The third-order valence-corrected chi connectivity index (χ3v) is 14.7. The fraction of sp³-hybridized carbons (Fsp3) is 0.877. The molecule has 0 aliphatic rings. The predicted octanol–water partition coefficient (Wildman–Crippen LogP) is 20.0. The average Bonchev–Trinajstić information content (AvgIpc) is 3.37. The Morgan fingerprint density at radius 2 is 0.704 bits per heavy atom. The highest BCUT2D eigenvalue weighted by Crippen LogP contribution is 2.18. The second-order valence-electron chi connectivity index (χ2n) is 21.7. The van der Waals surface area contributed by atoms with Gasteiger partial charge in [-0.1, -0.05) is 301 Å². The highest BCUT2D eigenvalue weighted by Gasteiger charge is 2.18. The van der Waals surface area contributed by atoms with E-state index in [0.29, 0.717) is 19.4 Å². The predicted molar refractivity (Wildman–Crippen MR) is 310 cm³/mol. The first-order valence-electron chi connectivity index (χ1n) is 31.8. The van der Waals surface area contributed by atoms with Crippen LogP contribution < -0.4 is 5.32 Å². The summed E-state index contributed by atoms with van der Waals surface area (Å²) in [6.45, 7) is 4.88. The molecule has 2 atom stereocenters. The van der Waals surface area contributed by atoms with Gasteiger partial charge in [0.05, 0.1) is 25.4 Å². The van der Waals surface area contributed by atoms with Crippen LogP contribution >= 0.6 is 0 Å². The number of aliphatic hydroxyl groups excluding tert-OH is 2. The lowest BCUT2D eigenvalue weighted by Gasteiger charge is -2.20. The number of carbonyl (C=O) groups is 2. The first-order chi connectivity index (χ1) is 35.0. The van der Waals surface area contributed by atoms with Crippen molar-refractivity contribution < 1.29 is 24.5 Å². The summed E-state index contributed by atoms with van der Waals surface area (Å²) in [5.41, 5.74) is 0. The summed E-state index contributed by atoms with van der Waals surface area (Å²) in [5.74, 6) is -0.0613. The van der Waals surface area contributed by atoms with Gasteiger partial charge in [0.2, 0.25) is 5.91 Å². The summed E-state index contributed by atoms with van der Waals surface area (Å²) in [6.07, 6.45) is 76.4. The quantitative estimate of drug-likeness (QED) is 0.0321. The zero-order valence-electron chi connectivity index (χ0n) is 47.7. The lowest BCUT2D eigenvalue weighted by atomic mass is 10.0. The van der Waals surface area contributed by atoms with Gasteiger partial charge in [0.25, 0.3) is 0 Å². The maximum Gasteiger partial charge on any atom is 0.305 e. The second-order valence-corrected chi connectivity index (χ2v) is 21.7. The van der Waals surface area contributed by atoms with Gasteiger partial charge in [-0.25, -0.2) is 0 Å². The van der Waals surface area contributed by atoms with Crippen molar-refractivity contribution in [1.29, 1.82) is 0 Å². The maximum absolute atomic E-state index is 12.4. The summed E-state index contributed by atoms with van der Waals surface area (Å²) in [4.78, 5) is 24.5. The molecule has 2 unspecified atom stereocenters. The van der Waals surface area contributed by atoms with Crippen molar-refractivity contribution in [3.8, 4) is 0 Å². The smallest absolute Gasteiger partial charge is 0.305 e. The van der Waals surface area contributed by atoms with Crippen molar-refractivity contribution in [2.24, 2.45) is 0 Å². The zero-order chi connectivity index (χ0) is 51.4. The third kappa shape index (κ3) is 57.2. The molecule has 0 fully saturated rings. The lowest BCUT2D eigenvalue weighted by Crippen LogP contribution is -2.45. The Morgan fingerprint density at radius 3 is 1.08 bits per heavy atom. The van der Waals surface area contributed by atoms with Gasteiger partial charge in [-0.2, -0.15) is 0 Å². The Morgan fingerprint density at radius 1 is 0.394 bits per heavy atom.